The molecule has 1 amide bonds. The average Bonchev–Trinajstić information content (AvgIpc) is 3.29. The minimum atomic E-state index is -4.05. The number of imidazole rings is 1. The summed E-state index contributed by atoms with van der Waals surface area (Å²) in [6.45, 7) is 3.58. The van der Waals surface area contributed by atoms with Gasteiger partial charge < -0.3 is 14.4 Å². The van der Waals surface area contributed by atoms with Gasteiger partial charge in [0.2, 0.25) is 10.0 Å². The summed E-state index contributed by atoms with van der Waals surface area (Å²) >= 11 is 0. The van der Waals surface area contributed by atoms with Gasteiger partial charge in [-0.05, 0) is 37.3 Å². The number of carbonyl (C=O) groups excluding carboxylic acids is 1. The van der Waals surface area contributed by atoms with Crippen molar-refractivity contribution >= 4 is 27.0 Å². The first-order chi connectivity index (χ1) is 17.9. The van der Waals surface area contributed by atoms with Crippen LogP contribution in [-0.2, 0) is 14.8 Å². The lowest BCUT2D eigenvalue weighted by atomic mass is 9.90. The molecule has 0 spiro atoms. The molecule has 5 rings (SSSR count). The van der Waals surface area contributed by atoms with Crippen LogP contribution in [-0.4, -0.2) is 53.6 Å². The highest BCUT2D eigenvalue weighted by Gasteiger charge is 2.45. The lowest BCUT2D eigenvalue weighted by molar-refractivity contribution is 0.0750. The quantitative estimate of drug-likeness (QED) is 0.468. The van der Waals surface area contributed by atoms with Crippen molar-refractivity contribution in [2.75, 3.05) is 20.7 Å². The molecule has 1 aliphatic heterocycles. The summed E-state index contributed by atoms with van der Waals surface area (Å²) in [5.41, 5.74) is 1.22. The van der Waals surface area contributed by atoms with E-state index in [0.29, 0.717) is 28.8 Å². The Labute approximate surface area is 219 Å². The highest BCUT2D eigenvalue weighted by Crippen LogP contribution is 2.41. The maximum absolute atomic E-state index is 14.6. The highest BCUT2D eigenvalue weighted by atomic mass is 32.2. The minimum Gasteiger partial charge on any atom is -0.493 e. The van der Waals surface area contributed by atoms with Crippen molar-refractivity contribution in [1.82, 2.24) is 13.9 Å². The summed E-state index contributed by atoms with van der Waals surface area (Å²) in [6.07, 6.45) is 5.65. The van der Waals surface area contributed by atoms with Crippen LogP contribution < -0.4 is 4.74 Å². The summed E-state index contributed by atoms with van der Waals surface area (Å²) < 4.78 is 67.3. The van der Waals surface area contributed by atoms with Crippen LogP contribution in [0.25, 0.3) is 11.0 Å². The lowest BCUT2D eigenvalue weighted by Crippen LogP contribution is -2.43. The molecule has 3 aromatic rings. The Bertz CT molecular complexity index is 1610. The molecule has 2 heterocycles. The summed E-state index contributed by atoms with van der Waals surface area (Å²) in [6, 6.07) is 6.65. The zero-order valence-corrected chi connectivity index (χ0v) is 22.1. The fourth-order valence-corrected chi connectivity index (χ4v) is 6.52. The number of aromatic nitrogens is 2. The Morgan fingerprint density at radius 2 is 2.00 bits per heavy atom. The predicted octanol–water partition coefficient (Wildman–Crippen LogP) is 4.58. The molecule has 2 aromatic carbocycles. The van der Waals surface area contributed by atoms with Crippen LogP contribution in [0, 0.1) is 17.6 Å². The first kappa shape index (κ1) is 25.9. The van der Waals surface area contributed by atoms with E-state index in [-0.39, 0.29) is 23.8 Å². The van der Waals surface area contributed by atoms with Gasteiger partial charge in [-0.1, -0.05) is 13.0 Å². The summed E-state index contributed by atoms with van der Waals surface area (Å²) in [7, 11) is -0.815. The topological polar surface area (TPSA) is 90.7 Å². The van der Waals surface area contributed by atoms with E-state index in [2.05, 4.69) is 4.98 Å². The number of amides is 1. The van der Waals surface area contributed by atoms with E-state index in [1.165, 1.54) is 17.3 Å². The van der Waals surface area contributed by atoms with E-state index in [0.717, 1.165) is 16.1 Å². The van der Waals surface area contributed by atoms with E-state index < -0.39 is 38.4 Å². The van der Waals surface area contributed by atoms with Crippen molar-refractivity contribution in [3.05, 3.63) is 83.4 Å². The molecule has 38 heavy (non-hydrogen) atoms. The van der Waals surface area contributed by atoms with Crippen LogP contribution in [0.1, 0.15) is 42.3 Å². The van der Waals surface area contributed by atoms with Gasteiger partial charge in [-0.25, -0.2) is 26.2 Å². The number of nitrogens with zero attached hydrogens (tertiary/aromatic N) is 3. The Kier molecular flexibility index (Phi) is 6.29. The SMILES string of the molecule is CC1C=C(OC2CCOc3cc(F)cc(F)c32)C=C[C@]1(C)S(=O)(=O)n1cnc2ccc(C(=O)N(C)C)cc21. The van der Waals surface area contributed by atoms with Gasteiger partial charge in [-0.15, -0.1) is 0 Å². The fourth-order valence-electron chi connectivity index (χ4n) is 4.74. The summed E-state index contributed by atoms with van der Waals surface area (Å²) in [5.74, 6) is -1.83. The van der Waals surface area contributed by atoms with Crippen LogP contribution in [0.4, 0.5) is 8.78 Å². The first-order valence-corrected chi connectivity index (χ1v) is 13.5. The molecule has 1 aromatic heterocycles. The number of benzene rings is 2. The van der Waals surface area contributed by atoms with Gasteiger partial charge >= 0.3 is 0 Å². The molecule has 2 unspecified atom stereocenters. The molecule has 8 nitrogen and oxygen atoms in total. The Balaban J connectivity index is 1.45. The zero-order chi connectivity index (χ0) is 27.4. The first-order valence-electron chi connectivity index (χ1n) is 12.1. The number of carbonyl (C=O) groups is 1. The van der Waals surface area contributed by atoms with Crippen molar-refractivity contribution in [2.24, 2.45) is 5.92 Å². The van der Waals surface area contributed by atoms with Gasteiger partial charge in [0.15, 0.2) is 0 Å². The molecule has 11 heteroatoms. The summed E-state index contributed by atoms with van der Waals surface area (Å²) in [4.78, 5) is 18.1. The number of hydrogen-bond donors (Lipinski definition) is 0. The molecular formula is C27H27F2N3O5S. The van der Waals surface area contributed by atoms with Crippen LogP contribution in [0.3, 0.4) is 0 Å². The molecule has 0 saturated carbocycles. The standard InChI is InChI=1S/C27H27F2N3O5S/c1-16-11-19(37-23-8-10-36-24-14-18(28)13-20(29)25(23)24)7-9-27(16,2)38(34,35)32-15-30-21-6-5-17(12-22(21)32)26(33)31(3)4/h5-7,9,11-16,23H,8,10H2,1-4H3/t16?,23?,27-/m0/s1. The van der Waals surface area contributed by atoms with Crippen molar-refractivity contribution < 1.29 is 31.5 Å². The second-order valence-electron chi connectivity index (χ2n) is 9.87. The number of hydrogen-bond acceptors (Lipinski definition) is 6. The third kappa shape index (κ3) is 4.14. The lowest BCUT2D eigenvalue weighted by Gasteiger charge is -2.35. The van der Waals surface area contributed by atoms with Gasteiger partial charge in [-0.2, -0.15) is 0 Å². The summed E-state index contributed by atoms with van der Waals surface area (Å²) in [5, 5.41) is 0. The molecule has 0 fully saturated rings. The van der Waals surface area contributed by atoms with Gasteiger partial charge in [0.05, 0.1) is 23.2 Å². The van der Waals surface area contributed by atoms with Crippen molar-refractivity contribution in [2.45, 2.75) is 31.1 Å². The monoisotopic (exact) mass is 543 g/mol. The Morgan fingerprint density at radius 3 is 2.71 bits per heavy atom. The molecular weight excluding hydrogens is 516 g/mol. The third-order valence-electron chi connectivity index (χ3n) is 7.17. The number of ether oxygens (including phenoxy) is 2. The van der Waals surface area contributed by atoms with Crippen LogP contribution >= 0.6 is 0 Å². The second kappa shape index (κ2) is 9.23. The predicted molar refractivity (Wildman–Crippen MR) is 137 cm³/mol. The molecule has 0 N–H and O–H groups in total. The molecule has 0 radical (unpaired) electrons. The molecule has 0 saturated heterocycles. The zero-order valence-electron chi connectivity index (χ0n) is 21.3. The minimum absolute atomic E-state index is 0.0960. The number of fused-ring (bicyclic) bond motifs is 2. The molecule has 3 atom stereocenters. The Hall–Kier alpha value is -3.73. The molecule has 2 aliphatic rings. The van der Waals surface area contributed by atoms with Gasteiger partial charge in [-0.3, -0.25) is 4.79 Å². The number of allylic oxidation sites excluding steroid dienone is 2. The Morgan fingerprint density at radius 1 is 1.24 bits per heavy atom. The van der Waals surface area contributed by atoms with E-state index >= 15 is 0 Å². The molecule has 200 valence electrons. The van der Waals surface area contributed by atoms with E-state index in [1.54, 1.807) is 58.3 Å². The molecule has 1 aliphatic carbocycles. The van der Waals surface area contributed by atoms with Crippen molar-refractivity contribution in [3.63, 3.8) is 0 Å². The van der Waals surface area contributed by atoms with E-state index in [9.17, 15) is 22.0 Å². The van der Waals surface area contributed by atoms with Gasteiger partial charge in [0.1, 0.15) is 40.3 Å². The average molecular weight is 544 g/mol. The van der Waals surface area contributed by atoms with Crippen molar-refractivity contribution in [3.8, 4) is 5.75 Å². The number of rotatable bonds is 5. The molecule has 0 bridgehead atoms. The van der Waals surface area contributed by atoms with E-state index in [1.807, 2.05) is 0 Å². The smallest absolute Gasteiger partial charge is 0.253 e. The van der Waals surface area contributed by atoms with Crippen molar-refractivity contribution in [1.29, 1.82) is 0 Å². The van der Waals surface area contributed by atoms with Gasteiger partial charge in [0.25, 0.3) is 5.91 Å². The maximum Gasteiger partial charge on any atom is 0.253 e. The van der Waals surface area contributed by atoms with Crippen LogP contribution in [0.2, 0.25) is 0 Å². The van der Waals surface area contributed by atoms with Gasteiger partial charge in [0, 0.05) is 44.1 Å². The largest absolute Gasteiger partial charge is 0.493 e. The normalized spacial score (nSPS) is 22.9. The maximum atomic E-state index is 14.6. The van der Waals surface area contributed by atoms with E-state index in [4.69, 9.17) is 9.47 Å². The highest BCUT2D eigenvalue weighted by molar-refractivity contribution is 7.91. The third-order valence-corrected chi connectivity index (χ3v) is 9.60. The number of halogens is 2. The fraction of sp³-hybridized carbons (Fsp3) is 0.333. The second-order valence-corrected chi connectivity index (χ2v) is 12.1. The van der Waals surface area contributed by atoms with Crippen LogP contribution in [0.5, 0.6) is 5.75 Å². The van der Waals surface area contributed by atoms with Crippen LogP contribution in [0.15, 0.2) is 60.6 Å².